The van der Waals surface area contributed by atoms with Crippen LogP contribution in [0, 0.1) is 20.8 Å². The van der Waals surface area contributed by atoms with Gasteiger partial charge in [-0.05, 0) is 69.2 Å². The third-order valence-corrected chi connectivity index (χ3v) is 6.09. The monoisotopic (exact) mass is 453 g/mol. The Balaban J connectivity index is 1.96. The first-order chi connectivity index (χ1) is 16.2. The molecule has 0 spiro atoms. The van der Waals surface area contributed by atoms with Crippen molar-refractivity contribution in [3.8, 4) is 11.3 Å². The van der Waals surface area contributed by atoms with Gasteiger partial charge in [-0.1, -0.05) is 35.9 Å². The van der Waals surface area contributed by atoms with Gasteiger partial charge in [-0.25, -0.2) is 4.98 Å². The molecule has 3 aromatic carbocycles. The van der Waals surface area contributed by atoms with Crippen LogP contribution in [0.5, 0.6) is 0 Å². The number of nitrogens with one attached hydrogen (secondary N) is 1. The minimum Gasteiger partial charge on any atom is -0.326 e. The standard InChI is InChI=1S/C28H27N3O3/c1-16-10-13-23(29-20(5)32)22(14-16)26-28(34)31(25-9-7-6-8-24(25)30-26)19(4)27(33)21-12-11-17(2)18(3)15-21/h6-15,19H,1-5H3,(H,29,32)/t19-/m0/s1. The lowest BCUT2D eigenvalue weighted by atomic mass is 9.99. The van der Waals surface area contributed by atoms with Crippen molar-refractivity contribution in [1.29, 1.82) is 0 Å². The van der Waals surface area contributed by atoms with Gasteiger partial charge in [0, 0.05) is 18.1 Å². The van der Waals surface area contributed by atoms with Gasteiger partial charge >= 0.3 is 0 Å². The van der Waals surface area contributed by atoms with Gasteiger partial charge in [0.1, 0.15) is 5.69 Å². The average molecular weight is 454 g/mol. The normalized spacial score (nSPS) is 11.9. The van der Waals surface area contributed by atoms with E-state index in [-0.39, 0.29) is 22.9 Å². The molecule has 1 atom stereocenters. The number of benzene rings is 3. The van der Waals surface area contributed by atoms with E-state index in [0.29, 0.717) is 27.8 Å². The molecule has 0 bridgehead atoms. The molecule has 1 aromatic heterocycles. The lowest BCUT2D eigenvalue weighted by Crippen LogP contribution is -2.30. The highest BCUT2D eigenvalue weighted by molar-refractivity contribution is 6.00. The molecule has 0 fully saturated rings. The van der Waals surface area contributed by atoms with Gasteiger partial charge < -0.3 is 5.32 Å². The predicted octanol–water partition coefficient (Wildman–Crippen LogP) is 5.39. The Morgan fingerprint density at radius 3 is 2.38 bits per heavy atom. The van der Waals surface area contributed by atoms with Crippen LogP contribution in [0.3, 0.4) is 0 Å². The quantitative estimate of drug-likeness (QED) is 0.411. The maximum absolute atomic E-state index is 13.9. The van der Waals surface area contributed by atoms with Crippen LogP contribution in [0.1, 0.15) is 46.9 Å². The molecule has 0 aliphatic rings. The number of Topliss-reactive ketones (excluding diaryl/α,β-unsaturated/α-hetero) is 1. The van der Waals surface area contributed by atoms with Crippen LogP contribution >= 0.6 is 0 Å². The van der Waals surface area contributed by atoms with Crippen LogP contribution in [0.4, 0.5) is 5.69 Å². The molecule has 1 N–H and O–H groups in total. The summed E-state index contributed by atoms with van der Waals surface area (Å²) in [5.74, 6) is -0.400. The van der Waals surface area contributed by atoms with Crippen LogP contribution in [-0.2, 0) is 4.79 Å². The molecule has 1 amide bonds. The average Bonchev–Trinajstić information content (AvgIpc) is 2.80. The van der Waals surface area contributed by atoms with E-state index in [1.54, 1.807) is 25.1 Å². The minimum absolute atomic E-state index is 0.154. The first-order valence-electron chi connectivity index (χ1n) is 11.2. The van der Waals surface area contributed by atoms with E-state index < -0.39 is 6.04 Å². The smallest absolute Gasteiger partial charge is 0.278 e. The van der Waals surface area contributed by atoms with Crippen molar-refractivity contribution < 1.29 is 9.59 Å². The highest BCUT2D eigenvalue weighted by Crippen LogP contribution is 2.28. The van der Waals surface area contributed by atoms with Crippen molar-refractivity contribution in [2.45, 2.75) is 40.7 Å². The summed E-state index contributed by atoms with van der Waals surface area (Å²) in [7, 11) is 0. The van der Waals surface area contributed by atoms with Gasteiger partial charge in [-0.2, -0.15) is 0 Å². The maximum Gasteiger partial charge on any atom is 0.278 e. The molecule has 0 saturated heterocycles. The van der Waals surface area contributed by atoms with Crippen LogP contribution in [0.25, 0.3) is 22.3 Å². The summed E-state index contributed by atoms with van der Waals surface area (Å²) in [6, 6.07) is 17.5. The fraction of sp³-hybridized carbons (Fsp3) is 0.214. The second-order valence-corrected chi connectivity index (χ2v) is 8.69. The van der Waals surface area contributed by atoms with Crippen molar-refractivity contribution in [3.63, 3.8) is 0 Å². The molecule has 6 nitrogen and oxygen atoms in total. The second kappa shape index (κ2) is 9.06. The second-order valence-electron chi connectivity index (χ2n) is 8.69. The number of hydrogen-bond acceptors (Lipinski definition) is 4. The Morgan fingerprint density at radius 1 is 0.941 bits per heavy atom. The van der Waals surface area contributed by atoms with Gasteiger partial charge in [0.25, 0.3) is 5.56 Å². The highest BCUT2D eigenvalue weighted by Gasteiger charge is 2.24. The van der Waals surface area contributed by atoms with Crippen molar-refractivity contribution in [1.82, 2.24) is 9.55 Å². The summed E-state index contributed by atoms with van der Waals surface area (Å²) < 4.78 is 1.51. The van der Waals surface area contributed by atoms with Gasteiger partial charge in [-0.3, -0.25) is 19.0 Å². The summed E-state index contributed by atoms with van der Waals surface area (Å²) in [5.41, 5.74) is 5.58. The van der Waals surface area contributed by atoms with E-state index >= 15 is 0 Å². The zero-order chi connectivity index (χ0) is 24.6. The summed E-state index contributed by atoms with van der Waals surface area (Å²) in [6.07, 6.45) is 0. The maximum atomic E-state index is 13.9. The number of aromatic nitrogens is 2. The number of rotatable bonds is 5. The summed E-state index contributed by atoms with van der Waals surface area (Å²) in [4.78, 5) is 43.8. The fourth-order valence-electron chi connectivity index (χ4n) is 4.12. The van der Waals surface area contributed by atoms with Gasteiger partial charge in [0.2, 0.25) is 5.91 Å². The minimum atomic E-state index is -0.754. The molecule has 0 aliphatic heterocycles. The number of fused-ring (bicyclic) bond motifs is 1. The molecule has 0 saturated carbocycles. The van der Waals surface area contributed by atoms with E-state index in [0.717, 1.165) is 16.7 Å². The van der Waals surface area contributed by atoms with Crippen LogP contribution < -0.4 is 10.9 Å². The SMILES string of the molecule is CC(=O)Nc1ccc(C)cc1-c1nc2ccccc2n([C@@H](C)C(=O)c2ccc(C)c(C)c2)c1=O. The van der Waals surface area contributed by atoms with Crippen molar-refractivity contribution >= 4 is 28.4 Å². The zero-order valence-corrected chi connectivity index (χ0v) is 20.0. The summed E-state index contributed by atoms with van der Waals surface area (Å²) >= 11 is 0. The molecule has 4 aromatic rings. The Kier molecular flexibility index (Phi) is 6.16. The first kappa shape index (κ1) is 23.1. The van der Waals surface area contributed by atoms with E-state index in [1.165, 1.54) is 11.5 Å². The third-order valence-electron chi connectivity index (χ3n) is 6.09. The predicted molar refractivity (Wildman–Crippen MR) is 135 cm³/mol. The summed E-state index contributed by atoms with van der Waals surface area (Å²) in [6.45, 7) is 9.02. The summed E-state index contributed by atoms with van der Waals surface area (Å²) in [5, 5.41) is 2.79. The molecule has 6 heteroatoms. The molecule has 4 rings (SSSR count). The molecule has 34 heavy (non-hydrogen) atoms. The van der Waals surface area contributed by atoms with Crippen LogP contribution in [-0.4, -0.2) is 21.2 Å². The number of hydrogen-bond donors (Lipinski definition) is 1. The molecule has 1 heterocycles. The number of carbonyl (C=O) groups excluding carboxylic acids is 2. The van der Waals surface area contributed by atoms with Crippen LogP contribution in [0.2, 0.25) is 0 Å². The number of carbonyl (C=O) groups is 2. The molecular weight excluding hydrogens is 426 g/mol. The first-order valence-corrected chi connectivity index (χ1v) is 11.2. The Labute approximate surface area is 198 Å². The van der Waals surface area contributed by atoms with Crippen molar-refractivity contribution in [2.75, 3.05) is 5.32 Å². The molecule has 0 radical (unpaired) electrons. The molecular formula is C28H27N3O3. The Hall–Kier alpha value is -4.06. The van der Waals surface area contributed by atoms with E-state index in [1.807, 2.05) is 63.2 Å². The largest absolute Gasteiger partial charge is 0.326 e. The van der Waals surface area contributed by atoms with Crippen molar-refractivity contribution in [3.05, 3.63) is 93.3 Å². The van der Waals surface area contributed by atoms with Gasteiger partial charge in [0.05, 0.1) is 22.8 Å². The highest BCUT2D eigenvalue weighted by atomic mass is 16.2. The van der Waals surface area contributed by atoms with Crippen LogP contribution in [0.15, 0.2) is 65.5 Å². The Morgan fingerprint density at radius 2 is 1.68 bits per heavy atom. The van der Waals surface area contributed by atoms with Gasteiger partial charge in [-0.15, -0.1) is 0 Å². The zero-order valence-electron chi connectivity index (χ0n) is 20.0. The Bertz CT molecular complexity index is 1500. The van der Waals surface area contributed by atoms with Crippen molar-refractivity contribution in [2.24, 2.45) is 0 Å². The van der Waals surface area contributed by atoms with Gasteiger partial charge in [0.15, 0.2) is 5.78 Å². The molecule has 172 valence electrons. The number of aryl methyl sites for hydroxylation is 3. The number of amides is 1. The number of nitrogens with zero attached hydrogens (tertiary/aromatic N) is 2. The molecule has 0 aliphatic carbocycles. The van der Waals surface area contributed by atoms with E-state index in [9.17, 15) is 14.4 Å². The lowest BCUT2D eigenvalue weighted by Gasteiger charge is -2.19. The lowest BCUT2D eigenvalue weighted by molar-refractivity contribution is -0.114. The number of ketones is 1. The third kappa shape index (κ3) is 4.27. The fourth-order valence-corrected chi connectivity index (χ4v) is 4.12. The van der Waals surface area contributed by atoms with E-state index in [4.69, 9.17) is 0 Å². The molecule has 0 unspecified atom stereocenters. The number of anilines is 1. The topological polar surface area (TPSA) is 81.1 Å². The number of para-hydroxylation sites is 2. The van der Waals surface area contributed by atoms with E-state index in [2.05, 4.69) is 10.3 Å².